The van der Waals surface area contributed by atoms with Crippen LogP contribution in [0.25, 0.3) is 0 Å². The summed E-state index contributed by atoms with van der Waals surface area (Å²) in [5.74, 6) is -0.301. The number of aryl methyl sites for hydroxylation is 1. The molecule has 1 aliphatic heterocycles. The van der Waals surface area contributed by atoms with Crippen molar-refractivity contribution in [2.45, 2.75) is 19.6 Å². The second-order valence-electron chi connectivity index (χ2n) is 7.48. The first-order valence-electron chi connectivity index (χ1n) is 10.1. The molecule has 3 amide bonds. The maximum Gasteiger partial charge on any atom is 0.317 e. The van der Waals surface area contributed by atoms with E-state index in [-0.39, 0.29) is 5.91 Å². The molecule has 0 bridgehead atoms. The number of amides is 3. The van der Waals surface area contributed by atoms with Gasteiger partial charge < -0.3 is 15.5 Å². The van der Waals surface area contributed by atoms with E-state index in [2.05, 4.69) is 10.6 Å². The van der Waals surface area contributed by atoms with E-state index < -0.39 is 12.2 Å². The number of carbonyl (C=O) groups is 2. The number of likely N-dealkylation sites (N-methyl/N-ethyl adjacent to an activating group) is 1. The number of anilines is 1. The Morgan fingerprint density at radius 1 is 1.00 bits per heavy atom. The van der Waals surface area contributed by atoms with Gasteiger partial charge in [-0.05, 0) is 24.6 Å². The maximum absolute atomic E-state index is 13.1. The molecule has 0 radical (unpaired) electrons. The standard InChI is InChI=1S/C25H24N4O2/c1-17-9-8-12-19(15-17)22-20-13-6-7-14-21(20)29(2)24(30)23(27-22)28-25(31)26-16-18-10-4-3-5-11-18/h3-15,23H,16H2,1-2H3,(H2,26,28,31). The molecule has 0 saturated heterocycles. The first kappa shape index (κ1) is 20.3. The summed E-state index contributed by atoms with van der Waals surface area (Å²) < 4.78 is 0. The van der Waals surface area contributed by atoms with Crippen molar-refractivity contribution in [3.63, 3.8) is 0 Å². The predicted octanol–water partition coefficient (Wildman–Crippen LogP) is 3.63. The predicted molar refractivity (Wildman–Crippen MR) is 122 cm³/mol. The molecule has 3 aromatic rings. The zero-order valence-corrected chi connectivity index (χ0v) is 17.5. The summed E-state index contributed by atoms with van der Waals surface area (Å²) in [6, 6.07) is 24.7. The van der Waals surface area contributed by atoms with Gasteiger partial charge in [0.1, 0.15) is 0 Å². The topological polar surface area (TPSA) is 73.8 Å². The fraction of sp³-hybridized carbons (Fsp3) is 0.160. The molecule has 1 atom stereocenters. The zero-order chi connectivity index (χ0) is 21.8. The van der Waals surface area contributed by atoms with Gasteiger partial charge in [-0.15, -0.1) is 0 Å². The van der Waals surface area contributed by atoms with Crippen LogP contribution in [0.3, 0.4) is 0 Å². The Bertz CT molecular complexity index is 1140. The molecule has 0 saturated carbocycles. The van der Waals surface area contributed by atoms with Crippen LogP contribution in [-0.4, -0.2) is 30.9 Å². The molecule has 2 N–H and O–H groups in total. The van der Waals surface area contributed by atoms with Crippen molar-refractivity contribution in [1.29, 1.82) is 0 Å². The number of hydrogen-bond donors (Lipinski definition) is 2. The van der Waals surface area contributed by atoms with Gasteiger partial charge in [0, 0.05) is 24.7 Å². The van der Waals surface area contributed by atoms with Crippen LogP contribution in [-0.2, 0) is 11.3 Å². The number of hydrogen-bond acceptors (Lipinski definition) is 3. The first-order chi connectivity index (χ1) is 15.0. The van der Waals surface area contributed by atoms with E-state index in [1.54, 1.807) is 11.9 Å². The molecule has 0 aromatic heterocycles. The zero-order valence-electron chi connectivity index (χ0n) is 17.5. The number of benzodiazepines with no additional fused rings is 1. The highest BCUT2D eigenvalue weighted by Crippen LogP contribution is 2.27. The Balaban J connectivity index is 1.65. The van der Waals surface area contributed by atoms with Gasteiger partial charge in [-0.2, -0.15) is 0 Å². The highest BCUT2D eigenvalue weighted by atomic mass is 16.2. The molecule has 156 valence electrons. The third kappa shape index (κ3) is 4.48. The minimum Gasteiger partial charge on any atom is -0.334 e. The van der Waals surface area contributed by atoms with Crippen molar-refractivity contribution in [2.75, 3.05) is 11.9 Å². The number of aliphatic imine (C=N–C) groups is 1. The van der Waals surface area contributed by atoms with Crippen LogP contribution in [0.4, 0.5) is 10.5 Å². The number of benzene rings is 3. The van der Waals surface area contributed by atoms with Crippen molar-refractivity contribution >= 4 is 23.3 Å². The normalized spacial score (nSPS) is 15.5. The summed E-state index contributed by atoms with van der Waals surface area (Å²) in [6.07, 6.45) is -1.04. The van der Waals surface area contributed by atoms with Crippen LogP contribution in [0.2, 0.25) is 0 Å². The summed E-state index contributed by atoms with van der Waals surface area (Å²) in [7, 11) is 1.70. The molecule has 1 aliphatic rings. The number of para-hydroxylation sites is 1. The molecule has 1 unspecified atom stereocenters. The van der Waals surface area contributed by atoms with E-state index in [0.29, 0.717) is 12.3 Å². The van der Waals surface area contributed by atoms with Gasteiger partial charge in [0.05, 0.1) is 11.4 Å². The molecular formula is C25H24N4O2. The third-order valence-electron chi connectivity index (χ3n) is 5.20. The highest BCUT2D eigenvalue weighted by Gasteiger charge is 2.30. The lowest BCUT2D eigenvalue weighted by atomic mass is 9.99. The van der Waals surface area contributed by atoms with Crippen LogP contribution in [0.15, 0.2) is 83.9 Å². The van der Waals surface area contributed by atoms with E-state index in [4.69, 9.17) is 4.99 Å². The molecule has 6 nitrogen and oxygen atoms in total. The lowest BCUT2D eigenvalue weighted by molar-refractivity contribution is -0.119. The van der Waals surface area contributed by atoms with E-state index >= 15 is 0 Å². The van der Waals surface area contributed by atoms with Gasteiger partial charge in [-0.1, -0.05) is 72.3 Å². The Kier molecular flexibility index (Phi) is 5.80. The molecule has 0 aliphatic carbocycles. The lowest BCUT2D eigenvalue weighted by Gasteiger charge is -2.21. The Hall–Kier alpha value is -3.93. The summed E-state index contributed by atoms with van der Waals surface area (Å²) in [5.41, 5.74) is 5.22. The SMILES string of the molecule is Cc1cccc(C2=NC(NC(=O)NCc3ccccc3)C(=O)N(C)c3ccccc32)c1. The maximum atomic E-state index is 13.1. The molecule has 3 aromatic carbocycles. The second kappa shape index (κ2) is 8.83. The molecular weight excluding hydrogens is 388 g/mol. The van der Waals surface area contributed by atoms with E-state index in [1.807, 2.05) is 85.8 Å². The fourth-order valence-corrected chi connectivity index (χ4v) is 3.59. The third-order valence-corrected chi connectivity index (χ3v) is 5.20. The second-order valence-corrected chi connectivity index (χ2v) is 7.48. The molecule has 1 heterocycles. The summed E-state index contributed by atoms with van der Waals surface area (Å²) in [4.78, 5) is 31.9. The monoisotopic (exact) mass is 412 g/mol. The molecule has 0 fully saturated rings. The van der Waals surface area contributed by atoms with E-state index in [1.165, 1.54) is 0 Å². The van der Waals surface area contributed by atoms with Gasteiger partial charge in [0.25, 0.3) is 5.91 Å². The van der Waals surface area contributed by atoms with Crippen molar-refractivity contribution < 1.29 is 9.59 Å². The average molecular weight is 412 g/mol. The fourth-order valence-electron chi connectivity index (χ4n) is 3.59. The molecule has 31 heavy (non-hydrogen) atoms. The van der Waals surface area contributed by atoms with E-state index in [0.717, 1.165) is 27.9 Å². The number of carbonyl (C=O) groups excluding carboxylic acids is 2. The number of rotatable bonds is 4. The van der Waals surface area contributed by atoms with Crippen molar-refractivity contribution in [2.24, 2.45) is 4.99 Å². The minimum absolute atomic E-state index is 0.301. The van der Waals surface area contributed by atoms with Crippen molar-refractivity contribution in [3.05, 3.63) is 101 Å². The lowest BCUT2D eigenvalue weighted by Crippen LogP contribution is -2.49. The molecule has 0 spiro atoms. The van der Waals surface area contributed by atoms with Crippen LogP contribution >= 0.6 is 0 Å². The summed E-state index contributed by atoms with van der Waals surface area (Å²) in [6.45, 7) is 2.37. The first-order valence-corrected chi connectivity index (χ1v) is 10.1. The number of urea groups is 1. The Morgan fingerprint density at radius 2 is 1.74 bits per heavy atom. The van der Waals surface area contributed by atoms with Crippen LogP contribution in [0.1, 0.15) is 22.3 Å². The molecule has 4 rings (SSSR count). The van der Waals surface area contributed by atoms with Gasteiger partial charge in [0.2, 0.25) is 6.17 Å². The van der Waals surface area contributed by atoms with Crippen LogP contribution in [0, 0.1) is 6.92 Å². The summed E-state index contributed by atoms with van der Waals surface area (Å²) in [5, 5.41) is 5.53. The highest BCUT2D eigenvalue weighted by molar-refractivity contribution is 6.20. The number of fused-ring (bicyclic) bond motifs is 1. The largest absolute Gasteiger partial charge is 0.334 e. The Morgan fingerprint density at radius 3 is 2.52 bits per heavy atom. The van der Waals surface area contributed by atoms with Crippen LogP contribution in [0.5, 0.6) is 0 Å². The Labute approximate surface area is 181 Å². The van der Waals surface area contributed by atoms with Gasteiger partial charge in [-0.25, -0.2) is 9.79 Å². The van der Waals surface area contributed by atoms with Gasteiger partial charge >= 0.3 is 6.03 Å². The van der Waals surface area contributed by atoms with Crippen LogP contribution < -0.4 is 15.5 Å². The van der Waals surface area contributed by atoms with Crippen molar-refractivity contribution in [1.82, 2.24) is 10.6 Å². The van der Waals surface area contributed by atoms with Gasteiger partial charge in [-0.3, -0.25) is 4.79 Å². The van der Waals surface area contributed by atoms with Gasteiger partial charge in [0.15, 0.2) is 0 Å². The summed E-state index contributed by atoms with van der Waals surface area (Å²) >= 11 is 0. The van der Waals surface area contributed by atoms with E-state index in [9.17, 15) is 9.59 Å². The molecule has 6 heteroatoms. The number of nitrogens with zero attached hydrogens (tertiary/aromatic N) is 2. The van der Waals surface area contributed by atoms with Crippen molar-refractivity contribution in [3.8, 4) is 0 Å². The minimum atomic E-state index is -1.04. The quantitative estimate of drug-likeness (QED) is 0.687. The smallest absolute Gasteiger partial charge is 0.317 e. The average Bonchev–Trinajstić information content (AvgIpc) is 2.89. The number of nitrogens with one attached hydrogen (secondary N) is 2.